The number of anilines is 1. The molecule has 2 heterocycles. The molecular weight excluding hydrogens is 428 g/mol. The maximum atomic E-state index is 13.1. The number of thiazole rings is 1. The highest BCUT2D eigenvalue weighted by Gasteiger charge is 2.23. The Hall–Kier alpha value is -3.85. The summed E-state index contributed by atoms with van der Waals surface area (Å²) in [6.07, 6.45) is 3.60. The smallest absolute Gasteiger partial charge is 0.261 e. The van der Waals surface area contributed by atoms with E-state index in [9.17, 15) is 4.79 Å². The molecule has 9 heteroatoms. The van der Waals surface area contributed by atoms with Crippen molar-refractivity contribution in [3.05, 3.63) is 60.4 Å². The van der Waals surface area contributed by atoms with Gasteiger partial charge in [-0.05, 0) is 12.1 Å². The van der Waals surface area contributed by atoms with Gasteiger partial charge < -0.3 is 18.8 Å². The molecule has 32 heavy (non-hydrogen) atoms. The van der Waals surface area contributed by atoms with Gasteiger partial charge in [0.15, 0.2) is 22.5 Å². The summed E-state index contributed by atoms with van der Waals surface area (Å²) in [6, 6.07) is 13.1. The zero-order valence-corrected chi connectivity index (χ0v) is 18.9. The third-order valence-corrected chi connectivity index (χ3v) is 5.83. The number of aryl methyl sites for hydroxylation is 1. The molecule has 0 radical (unpaired) electrons. The summed E-state index contributed by atoms with van der Waals surface area (Å²) in [5, 5.41) is 3.34. The summed E-state index contributed by atoms with van der Waals surface area (Å²) in [4.78, 5) is 23.2. The number of methoxy groups -OCH3 is 3. The Bertz CT molecular complexity index is 1250. The van der Waals surface area contributed by atoms with E-state index in [0.29, 0.717) is 22.2 Å². The number of carbonyl (C=O) groups is 1. The third-order valence-electron chi connectivity index (χ3n) is 4.87. The first-order chi connectivity index (χ1) is 15.6. The summed E-state index contributed by atoms with van der Waals surface area (Å²) in [5.74, 6) is 1.50. The van der Waals surface area contributed by atoms with Crippen LogP contribution in [0.5, 0.6) is 17.2 Å². The van der Waals surface area contributed by atoms with Crippen LogP contribution >= 0.6 is 11.3 Å². The van der Waals surface area contributed by atoms with Crippen molar-refractivity contribution in [1.29, 1.82) is 0 Å². The summed E-state index contributed by atoms with van der Waals surface area (Å²) in [5.41, 5.74) is 1.99. The molecule has 2 aromatic carbocycles. The van der Waals surface area contributed by atoms with Gasteiger partial charge in [-0.2, -0.15) is 0 Å². The second-order valence-corrected chi connectivity index (χ2v) is 7.76. The van der Waals surface area contributed by atoms with Crippen LogP contribution in [0.4, 0.5) is 5.13 Å². The normalized spacial score (nSPS) is 10.6. The van der Waals surface area contributed by atoms with E-state index in [1.165, 1.54) is 32.7 Å². The highest BCUT2D eigenvalue weighted by molar-refractivity contribution is 7.19. The van der Waals surface area contributed by atoms with E-state index < -0.39 is 0 Å². The van der Waals surface area contributed by atoms with Crippen molar-refractivity contribution in [3.8, 4) is 39.2 Å². The van der Waals surface area contributed by atoms with Gasteiger partial charge in [-0.15, -0.1) is 0 Å². The number of ether oxygens (including phenoxy) is 3. The molecule has 0 saturated carbocycles. The number of nitrogens with one attached hydrogen (secondary N) is 1. The molecule has 8 nitrogen and oxygen atoms in total. The molecule has 0 spiro atoms. The second-order valence-electron chi connectivity index (χ2n) is 6.76. The van der Waals surface area contributed by atoms with Gasteiger partial charge >= 0.3 is 0 Å². The van der Waals surface area contributed by atoms with E-state index in [1.54, 1.807) is 18.3 Å². The molecule has 0 fully saturated rings. The molecule has 0 aliphatic carbocycles. The summed E-state index contributed by atoms with van der Waals surface area (Å²) < 4.78 is 18.0. The van der Waals surface area contributed by atoms with Crippen molar-refractivity contribution >= 4 is 22.4 Å². The highest BCUT2D eigenvalue weighted by atomic mass is 32.1. The van der Waals surface area contributed by atoms with Crippen LogP contribution in [0.15, 0.2) is 54.9 Å². The van der Waals surface area contributed by atoms with Gasteiger partial charge in [0.2, 0.25) is 5.75 Å². The van der Waals surface area contributed by atoms with Crippen LogP contribution in [0.25, 0.3) is 22.0 Å². The van der Waals surface area contributed by atoms with Gasteiger partial charge in [0, 0.05) is 25.0 Å². The number of hydrogen-bond acceptors (Lipinski definition) is 7. The van der Waals surface area contributed by atoms with Crippen LogP contribution in [0.1, 0.15) is 10.4 Å². The summed E-state index contributed by atoms with van der Waals surface area (Å²) in [7, 11) is 6.42. The van der Waals surface area contributed by atoms with Crippen LogP contribution in [0.2, 0.25) is 0 Å². The van der Waals surface area contributed by atoms with E-state index in [4.69, 9.17) is 19.2 Å². The molecule has 4 rings (SSSR count). The lowest BCUT2D eigenvalue weighted by atomic mass is 10.1. The maximum Gasteiger partial charge on any atom is 0.261 e. The van der Waals surface area contributed by atoms with Crippen LogP contribution in [-0.2, 0) is 7.05 Å². The predicted molar refractivity (Wildman–Crippen MR) is 124 cm³/mol. The quantitative estimate of drug-likeness (QED) is 0.446. The van der Waals surface area contributed by atoms with Gasteiger partial charge in [-0.3, -0.25) is 10.1 Å². The van der Waals surface area contributed by atoms with Crippen molar-refractivity contribution in [2.45, 2.75) is 0 Å². The minimum Gasteiger partial charge on any atom is -0.493 e. The topological polar surface area (TPSA) is 87.5 Å². The van der Waals surface area contributed by atoms with Crippen LogP contribution in [-0.4, -0.2) is 41.8 Å². The zero-order valence-electron chi connectivity index (χ0n) is 18.1. The third kappa shape index (κ3) is 3.90. The molecule has 4 aromatic rings. The minimum atomic E-state index is -0.373. The molecule has 1 N–H and O–H groups in total. The average Bonchev–Trinajstić information content (AvgIpc) is 3.43. The largest absolute Gasteiger partial charge is 0.493 e. The van der Waals surface area contributed by atoms with Crippen molar-refractivity contribution < 1.29 is 19.0 Å². The van der Waals surface area contributed by atoms with Gasteiger partial charge in [-0.1, -0.05) is 41.7 Å². The molecule has 0 saturated heterocycles. The molecule has 0 aliphatic rings. The van der Waals surface area contributed by atoms with Gasteiger partial charge in [-0.25, -0.2) is 9.97 Å². The lowest BCUT2D eigenvalue weighted by molar-refractivity contribution is 0.102. The van der Waals surface area contributed by atoms with Crippen LogP contribution < -0.4 is 19.5 Å². The molecule has 0 bridgehead atoms. The van der Waals surface area contributed by atoms with Crippen molar-refractivity contribution in [2.75, 3.05) is 26.6 Å². The second kappa shape index (κ2) is 9.11. The number of amides is 1. The molecule has 2 aromatic heterocycles. The Morgan fingerprint density at radius 3 is 2.38 bits per heavy atom. The lowest BCUT2D eigenvalue weighted by Gasteiger charge is -2.15. The minimum absolute atomic E-state index is 0.286. The molecule has 1 amide bonds. The molecule has 0 aliphatic heterocycles. The summed E-state index contributed by atoms with van der Waals surface area (Å²) >= 11 is 1.36. The average molecular weight is 451 g/mol. The number of imidazole rings is 1. The first kappa shape index (κ1) is 21.4. The zero-order chi connectivity index (χ0) is 22.7. The van der Waals surface area contributed by atoms with Crippen LogP contribution in [0, 0.1) is 0 Å². The number of benzene rings is 2. The number of carbonyl (C=O) groups excluding carboxylic acids is 1. The highest BCUT2D eigenvalue weighted by Crippen LogP contribution is 2.41. The fourth-order valence-electron chi connectivity index (χ4n) is 3.35. The lowest BCUT2D eigenvalue weighted by Crippen LogP contribution is -2.13. The van der Waals surface area contributed by atoms with Crippen molar-refractivity contribution in [2.24, 2.45) is 7.05 Å². The van der Waals surface area contributed by atoms with E-state index in [2.05, 4.69) is 10.3 Å². The molecule has 164 valence electrons. The Kier molecular flexibility index (Phi) is 6.09. The van der Waals surface area contributed by atoms with E-state index in [0.717, 1.165) is 22.0 Å². The van der Waals surface area contributed by atoms with Gasteiger partial charge in [0.1, 0.15) is 0 Å². The molecule has 0 atom stereocenters. The first-order valence-corrected chi connectivity index (χ1v) is 10.5. The Balaban J connectivity index is 1.74. The monoisotopic (exact) mass is 450 g/mol. The number of rotatable bonds is 7. The van der Waals surface area contributed by atoms with E-state index in [1.807, 2.05) is 48.1 Å². The van der Waals surface area contributed by atoms with Crippen molar-refractivity contribution in [1.82, 2.24) is 14.5 Å². The van der Waals surface area contributed by atoms with Gasteiger partial charge in [0.05, 0.1) is 37.5 Å². The summed E-state index contributed by atoms with van der Waals surface area (Å²) in [6.45, 7) is 0. The Morgan fingerprint density at radius 2 is 1.75 bits per heavy atom. The number of nitrogens with zero attached hydrogens (tertiary/aromatic N) is 3. The van der Waals surface area contributed by atoms with E-state index >= 15 is 0 Å². The van der Waals surface area contributed by atoms with Gasteiger partial charge in [0.25, 0.3) is 5.91 Å². The Labute approximate surface area is 189 Å². The predicted octanol–water partition coefficient (Wildman–Crippen LogP) is 4.49. The fourth-order valence-corrected chi connectivity index (χ4v) is 4.37. The van der Waals surface area contributed by atoms with E-state index in [-0.39, 0.29) is 11.7 Å². The number of aromatic nitrogens is 3. The molecular formula is C23H22N4O4S. The van der Waals surface area contributed by atoms with Crippen LogP contribution in [0.3, 0.4) is 0 Å². The maximum absolute atomic E-state index is 13.1. The SMILES string of the molecule is COc1ccc(C(=O)Nc2nc(-c3ccccc3)c(-c3nccn3C)s2)c(OC)c1OC. The first-order valence-electron chi connectivity index (χ1n) is 9.71. The Morgan fingerprint density at radius 1 is 1.00 bits per heavy atom. The van der Waals surface area contributed by atoms with Crippen molar-refractivity contribution in [3.63, 3.8) is 0 Å². The molecule has 0 unspecified atom stereocenters. The fraction of sp³-hybridized carbons (Fsp3) is 0.174. The number of hydrogen-bond donors (Lipinski definition) is 1. The standard InChI is InChI=1S/C23H22N4O4S/c1-27-13-12-24-21(27)20-17(14-8-6-5-7-9-14)25-23(32-20)26-22(28)15-10-11-16(29-2)19(31-4)18(15)30-3/h5-13H,1-4H3,(H,25,26,28).